The number of anilines is 2. The second-order valence-electron chi connectivity index (χ2n) is 6.47. The standard InChI is InChI=1S/C21H18Cl2FN5O2S/c1-2-9-29-18(11-19(30)26-17-6-4-3-5-16(17)24)27-28-21(29)32-12-20(31)25-13-7-8-14(22)15(23)10-13/h2-8,10H,1,9,11-12H2,(H,25,31)(H,26,30). The van der Waals surface area contributed by atoms with E-state index in [9.17, 15) is 14.0 Å². The number of thioether (sulfide) groups is 1. The van der Waals surface area contributed by atoms with E-state index in [2.05, 4.69) is 27.4 Å². The lowest BCUT2D eigenvalue weighted by molar-refractivity contribution is -0.116. The van der Waals surface area contributed by atoms with Crippen LogP contribution in [0.4, 0.5) is 15.8 Å². The number of para-hydroxylation sites is 1. The number of allylic oxidation sites excluding steroid dienone is 1. The van der Waals surface area contributed by atoms with Crippen LogP contribution in [0.5, 0.6) is 0 Å². The van der Waals surface area contributed by atoms with Gasteiger partial charge in [0.1, 0.15) is 11.6 Å². The molecule has 3 aromatic rings. The van der Waals surface area contributed by atoms with Crippen LogP contribution in [0.2, 0.25) is 10.0 Å². The van der Waals surface area contributed by atoms with Gasteiger partial charge in [-0.05, 0) is 30.3 Å². The molecule has 1 aromatic heterocycles. The molecule has 3 rings (SSSR count). The summed E-state index contributed by atoms with van der Waals surface area (Å²) in [4.78, 5) is 24.6. The molecule has 0 unspecified atom stereocenters. The van der Waals surface area contributed by atoms with Gasteiger partial charge in [-0.3, -0.25) is 9.59 Å². The average molecular weight is 494 g/mol. The van der Waals surface area contributed by atoms with Gasteiger partial charge in [0.05, 0.1) is 27.9 Å². The molecule has 11 heteroatoms. The maximum absolute atomic E-state index is 13.8. The quantitative estimate of drug-likeness (QED) is 0.329. The van der Waals surface area contributed by atoms with Crippen LogP contribution in [0.1, 0.15) is 5.82 Å². The lowest BCUT2D eigenvalue weighted by Gasteiger charge is -2.09. The molecule has 0 fully saturated rings. The molecule has 0 radical (unpaired) electrons. The molecule has 0 saturated heterocycles. The topological polar surface area (TPSA) is 88.9 Å². The zero-order chi connectivity index (χ0) is 23.1. The smallest absolute Gasteiger partial charge is 0.234 e. The predicted octanol–water partition coefficient (Wildman–Crippen LogP) is 4.82. The highest BCUT2D eigenvalue weighted by Crippen LogP contribution is 2.25. The molecule has 2 amide bonds. The summed E-state index contributed by atoms with van der Waals surface area (Å²) in [5.41, 5.74) is 0.601. The fraction of sp³-hybridized carbons (Fsp3) is 0.143. The minimum Gasteiger partial charge on any atom is -0.325 e. The van der Waals surface area contributed by atoms with Crippen LogP contribution in [0.15, 0.2) is 60.3 Å². The first-order valence-corrected chi connectivity index (χ1v) is 11.1. The minimum absolute atomic E-state index is 0.0525. The van der Waals surface area contributed by atoms with Gasteiger partial charge in [-0.2, -0.15) is 0 Å². The van der Waals surface area contributed by atoms with Crippen LogP contribution >= 0.6 is 35.0 Å². The van der Waals surface area contributed by atoms with Gasteiger partial charge in [0, 0.05) is 12.2 Å². The van der Waals surface area contributed by atoms with Crippen molar-refractivity contribution < 1.29 is 14.0 Å². The lowest BCUT2D eigenvalue weighted by Crippen LogP contribution is -2.18. The van der Waals surface area contributed by atoms with Crippen LogP contribution in [0, 0.1) is 5.82 Å². The van der Waals surface area contributed by atoms with Crippen molar-refractivity contribution in [3.05, 3.63) is 76.8 Å². The van der Waals surface area contributed by atoms with Crippen LogP contribution < -0.4 is 10.6 Å². The summed E-state index contributed by atoms with van der Waals surface area (Å²) < 4.78 is 15.4. The summed E-state index contributed by atoms with van der Waals surface area (Å²) in [6.07, 6.45) is 1.51. The van der Waals surface area contributed by atoms with E-state index < -0.39 is 11.7 Å². The summed E-state index contributed by atoms with van der Waals surface area (Å²) in [5.74, 6) is -0.831. The first kappa shape index (κ1) is 23.8. The van der Waals surface area contributed by atoms with Gasteiger partial charge < -0.3 is 15.2 Å². The van der Waals surface area contributed by atoms with Crippen molar-refractivity contribution in [2.75, 3.05) is 16.4 Å². The summed E-state index contributed by atoms with van der Waals surface area (Å²) in [5, 5.41) is 14.5. The van der Waals surface area contributed by atoms with Crippen molar-refractivity contribution in [3.63, 3.8) is 0 Å². The normalized spacial score (nSPS) is 10.6. The van der Waals surface area contributed by atoms with Gasteiger partial charge in [0.2, 0.25) is 11.8 Å². The molecule has 0 aliphatic carbocycles. The van der Waals surface area contributed by atoms with E-state index in [0.29, 0.717) is 33.3 Å². The molecule has 7 nitrogen and oxygen atoms in total. The molecule has 0 aliphatic rings. The molecule has 32 heavy (non-hydrogen) atoms. The van der Waals surface area contributed by atoms with Crippen molar-refractivity contribution in [2.45, 2.75) is 18.1 Å². The SMILES string of the molecule is C=CCn1c(CC(=O)Nc2ccccc2F)nnc1SCC(=O)Nc1ccc(Cl)c(Cl)c1. The molecule has 1 heterocycles. The molecule has 166 valence electrons. The van der Waals surface area contributed by atoms with Gasteiger partial charge in [-0.15, -0.1) is 16.8 Å². The molecule has 0 atom stereocenters. The monoisotopic (exact) mass is 493 g/mol. The summed E-state index contributed by atoms with van der Waals surface area (Å²) in [6.45, 7) is 4.04. The number of hydrogen-bond donors (Lipinski definition) is 2. The Bertz CT molecular complexity index is 1150. The highest BCUT2D eigenvalue weighted by Gasteiger charge is 2.17. The molecule has 2 aromatic carbocycles. The minimum atomic E-state index is -0.530. The second-order valence-corrected chi connectivity index (χ2v) is 8.23. The van der Waals surface area contributed by atoms with Crippen molar-refractivity contribution in [3.8, 4) is 0 Å². The first-order valence-electron chi connectivity index (χ1n) is 9.32. The highest BCUT2D eigenvalue weighted by molar-refractivity contribution is 7.99. The third kappa shape index (κ3) is 6.32. The number of hydrogen-bond acceptors (Lipinski definition) is 5. The fourth-order valence-electron chi connectivity index (χ4n) is 2.67. The van der Waals surface area contributed by atoms with E-state index in [1.165, 1.54) is 18.2 Å². The number of halogens is 3. The van der Waals surface area contributed by atoms with Crippen LogP contribution in [0.3, 0.4) is 0 Å². The van der Waals surface area contributed by atoms with E-state index in [4.69, 9.17) is 23.2 Å². The Morgan fingerprint density at radius 2 is 1.88 bits per heavy atom. The third-order valence-corrected chi connectivity index (χ3v) is 5.81. The summed E-state index contributed by atoms with van der Waals surface area (Å²) in [6, 6.07) is 10.7. The number of carbonyl (C=O) groups excluding carboxylic acids is 2. The van der Waals surface area contributed by atoms with Gasteiger partial charge >= 0.3 is 0 Å². The third-order valence-electron chi connectivity index (χ3n) is 4.11. The van der Waals surface area contributed by atoms with Crippen molar-refractivity contribution in [2.24, 2.45) is 0 Å². The van der Waals surface area contributed by atoms with Crippen molar-refractivity contribution in [1.29, 1.82) is 0 Å². The molecule has 0 aliphatic heterocycles. The number of rotatable bonds is 9. The molecule has 0 bridgehead atoms. The number of nitrogens with zero attached hydrogens (tertiary/aromatic N) is 3. The van der Waals surface area contributed by atoms with Gasteiger partial charge in [0.25, 0.3) is 0 Å². The maximum atomic E-state index is 13.8. The zero-order valence-corrected chi connectivity index (χ0v) is 19.0. The number of nitrogens with one attached hydrogen (secondary N) is 2. The Hall–Kier alpha value is -2.88. The van der Waals surface area contributed by atoms with Crippen LogP contribution in [0.25, 0.3) is 0 Å². The Morgan fingerprint density at radius 1 is 1.09 bits per heavy atom. The number of carbonyl (C=O) groups is 2. The Labute approximate surface area is 198 Å². The molecule has 2 N–H and O–H groups in total. The Morgan fingerprint density at radius 3 is 2.59 bits per heavy atom. The zero-order valence-electron chi connectivity index (χ0n) is 16.6. The van der Waals surface area contributed by atoms with Crippen LogP contribution in [-0.2, 0) is 22.6 Å². The molecule has 0 saturated carbocycles. The number of amides is 2. The van der Waals surface area contributed by atoms with E-state index in [-0.39, 0.29) is 23.8 Å². The fourth-order valence-corrected chi connectivity index (χ4v) is 3.74. The molecular formula is C21H18Cl2FN5O2S. The van der Waals surface area contributed by atoms with Crippen molar-refractivity contribution in [1.82, 2.24) is 14.8 Å². The Kier molecular flexibility index (Phi) is 8.26. The van der Waals surface area contributed by atoms with E-state index in [1.807, 2.05) is 0 Å². The maximum Gasteiger partial charge on any atom is 0.234 e. The largest absolute Gasteiger partial charge is 0.325 e. The van der Waals surface area contributed by atoms with Gasteiger partial charge in [-0.25, -0.2) is 4.39 Å². The predicted molar refractivity (Wildman–Crippen MR) is 125 cm³/mol. The first-order chi connectivity index (χ1) is 15.4. The van der Waals surface area contributed by atoms with E-state index in [1.54, 1.807) is 34.9 Å². The number of benzene rings is 2. The van der Waals surface area contributed by atoms with E-state index in [0.717, 1.165) is 11.8 Å². The highest BCUT2D eigenvalue weighted by atomic mass is 35.5. The summed E-state index contributed by atoms with van der Waals surface area (Å²) in [7, 11) is 0. The average Bonchev–Trinajstić information content (AvgIpc) is 3.12. The molecular weight excluding hydrogens is 476 g/mol. The Balaban J connectivity index is 1.62. The lowest BCUT2D eigenvalue weighted by atomic mass is 10.3. The molecule has 0 spiro atoms. The van der Waals surface area contributed by atoms with Gasteiger partial charge in [-0.1, -0.05) is 53.2 Å². The van der Waals surface area contributed by atoms with Crippen molar-refractivity contribution >= 4 is 58.2 Å². The van der Waals surface area contributed by atoms with Crippen LogP contribution in [-0.4, -0.2) is 32.3 Å². The van der Waals surface area contributed by atoms with E-state index >= 15 is 0 Å². The van der Waals surface area contributed by atoms with Gasteiger partial charge in [0.15, 0.2) is 5.16 Å². The second kappa shape index (κ2) is 11.1. The number of aromatic nitrogens is 3. The summed E-state index contributed by atoms with van der Waals surface area (Å²) >= 11 is 13.0.